The molecule has 0 fully saturated rings. The number of carbonyl (C=O) groups is 1. The highest BCUT2D eigenvalue weighted by Crippen LogP contribution is 2.16. The maximum absolute atomic E-state index is 10.6. The van der Waals surface area contributed by atoms with Gasteiger partial charge < -0.3 is 5.11 Å². The molecule has 1 aromatic heterocycles. The molecule has 1 aromatic carbocycles. The lowest BCUT2D eigenvalue weighted by atomic mass is 10.2. The predicted molar refractivity (Wildman–Crippen MR) is 55.4 cm³/mol. The standard InChI is InChI=1S/C11H10N2O2/c1-8-9(7-14)6-12-13(8)10-2-4-11(15)5-3-10/h2-7,15H,1H3. The molecule has 0 bridgehead atoms. The Balaban J connectivity index is 2.49. The van der Waals surface area contributed by atoms with Crippen molar-refractivity contribution in [1.29, 1.82) is 0 Å². The lowest BCUT2D eigenvalue weighted by Gasteiger charge is -2.03. The van der Waals surface area contributed by atoms with Gasteiger partial charge in [-0.2, -0.15) is 5.10 Å². The highest BCUT2D eigenvalue weighted by atomic mass is 16.3. The number of hydrogen-bond donors (Lipinski definition) is 1. The van der Waals surface area contributed by atoms with Crippen LogP contribution in [0.5, 0.6) is 5.75 Å². The number of nitrogens with zero attached hydrogens (tertiary/aromatic N) is 2. The molecule has 0 unspecified atom stereocenters. The summed E-state index contributed by atoms with van der Waals surface area (Å²) in [5, 5.41) is 13.2. The molecule has 1 heterocycles. The highest BCUT2D eigenvalue weighted by molar-refractivity contribution is 5.76. The average molecular weight is 202 g/mol. The Morgan fingerprint density at radius 3 is 2.53 bits per heavy atom. The number of hydrogen-bond acceptors (Lipinski definition) is 3. The number of rotatable bonds is 2. The van der Waals surface area contributed by atoms with E-state index in [4.69, 9.17) is 5.11 Å². The molecule has 2 aromatic rings. The van der Waals surface area contributed by atoms with Crippen molar-refractivity contribution in [2.45, 2.75) is 6.92 Å². The lowest BCUT2D eigenvalue weighted by Crippen LogP contribution is -1.98. The van der Waals surface area contributed by atoms with E-state index < -0.39 is 0 Å². The van der Waals surface area contributed by atoms with Crippen molar-refractivity contribution in [1.82, 2.24) is 9.78 Å². The summed E-state index contributed by atoms with van der Waals surface area (Å²) in [6.45, 7) is 1.82. The van der Waals surface area contributed by atoms with Gasteiger partial charge in [-0.25, -0.2) is 4.68 Å². The molecule has 1 N–H and O–H groups in total. The van der Waals surface area contributed by atoms with Crippen LogP contribution in [0.1, 0.15) is 16.1 Å². The van der Waals surface area contributed by atoms with Crippen LogP contribution in [0.25, 0.3) is 5.69 Å². The zero-order chi connectivity index (χ0) is 10.8. The zero-order valence-corrected chi connectivity index (χ0v) is 8.21. The summed E-state index contributed by atoms with van der Waals surface area (Å²) in [5.74, 6) is 0.208. The van der Waals surface area contributed by atoms with Crippen LogP contribution in [0.2, 0.25) is 0 Å². The molecule has 76 valence electrons. The van der Waals surface area contributed by atoms with Crippen LogP contribution < -0.4 is 0 Å². The minimum Gasteiger partial charge on any atom is -0.508 e. The summed E-state index contributed by atoms with van der Waals surface area (Å²) < 4.78 is 1.66. The maximum atomic E-state index is 10.6. The Kier molecular flexibility index (Phi) is 2.25. The predicted octanol–water partition coefficient (Wildman–Crippen LogP) is 1.70. The molecular weight excluding hydrogens is 192 g/mol. The molecule has 0 amide bonds. The number of carbonyl (C=O) groups excluding carboxylic acids is 1. The molecule has 0 saturated heterocycles. The van der Waals surface area contributed by atoms with Gasteiger partial charge in [-0.05, 0) is 31.2 Å². The van der Waals surface area contributed by atoms with Gasteiger partial charge in [0, 0.05) is 0 Å². The van der Waals surface area contributed by atoms with E-state index in [-0.39, 0.29) is 5.75 Å². The van der Waals surface area contributed by atoms with Crippen LogP contribution in [0.3, 0.4) is 0 Å². The van der Waals surface area contributed by atoms with E-state index >= 15 is 0 Å². The fraction of sp³-hybridized carbons (Fsp3) is 0.0909. The van der Waals surface area contributed by atoms with Gasteiger partial charge in [-0.3, -0.25) is 4.79 Å². The van der Waals surface area contributed by atoms with Crippen LogP contribution in [0.4, 0.5) is 0 Å². The van der Waals surface area contributed by atoms with E-state index in [1.807, 2.05) is 6.92 Å². The molecule has 0 radical (unpaired) electrons. The minimum absolute atomic E-state index is 0.208. The Labute approximate surface area is 86.8 Å². The molecule has 0 atom stereocenters. The molecule has 4 nitrogen and oxygen atoms in total. The van der Waals surface area contributed by atoms with Crippen LogP contribution in [-0.2, 0) is 0 Å². The summed E-state index contributed by atoms with van der Waals surface area (Å²) in [6.07, 6.45) is 2.30. The van der Waals surface area contributed by atoms with Gasteiger partial charge in [0.25, 0.3) is 0 Å². The second-order valence-electron chi connectivity index (χ2n) is 3.23. The van der Waals surface area contributed by atoms with Crippen molar-refractivity contribution in [3.05, 3.63) is 41.7 Å². The number of aromatic hydroxyl groups is 1. The maximum Gasteiger partial charge on any atom is 0.153 e. The molecule has 0 aliphatic rings. The number of aldehydes is 1. The summed E-state index contributed by atoms with van der Waals surface area (Å²) in [5.41, 5.74) is 2.18. The van der Waals surface area contributed by atoms with Gasteiger partial charge in [0.1, 0.15) is 5.75 Å². The van der Waals surface area contributed by atoms with Gasteiger partial charge in [-0.1, -0.05) is 0 Å². The first-order valence-electron chi connectivity index (χ1n) is 4.51. The van der Waals surface area contributed by atoms with E-state index in [1.165, 1.54) is 6.20 Å². The number of benzene rings is 1. The van der Waals surface area contributed by atoms with Gasteiger partial charge in [0.2, 0.25) is 0 Å². The smallest absolute Gasteiger partial charge is 0.153 e. The third kappa shape index (κ3) is 1.61. The van der Waals surface area contributed by atoms with E-state index in [0.717, 1.165) is 17.7 Å². The van der Waals surface area contributed by atoms with E-state index in [0.29, 0.717) is 5.56 Å². The summed E-state index contributed by atoms with van der Waals surface area (Å²) in [4.78, 5) is 10.6. The number of phenolic OH excluding ortho intramolecular Hbond substituents is 1. The van der Waals surface area contributed by atoms with Crippen molar-refractivity contribution in [3.8, 4) is 11.4 Å². The van der Waals surface area contributed by atoms with Crippen molar-refractivity contribution in [2.75, 3.05) is 0 Å². The van der Waals surface area contributed by atoms with Crippen molar-refractivity contribution < 1.29 is 9.90 Å². The molecule has 0 aliphatic heterocycles. The third-order valence-electron chi connectivity index (χ3n) is 2.27. The Hall–Kier alpha value is -2.10. The van der Waals surface area contributed by atoms with Gasteiger partial charge >= 0.3 is 0 Å². The quantitative estimate of drug-likeness (QED) is 0.754. The van der Waals surface area contributed by atoms with Crippen LogP contribution in [0, 0.1) is 6.92 Å². The SMILES string of the molecule is Cc1c(C=O)cnn1-c1ccc(O)cc1. The van der Waals surface area contributed by atoms with Crippen LogP contribution in [-0.4, -0.2) is 21.2 Å². The first-order valence-corrected chi connectivity index (χ1v) is 4.51. The number of phenols is 1. The summed E-state index contributed by atoms with van der Waals surface area (Å²) in [6, 6.07) is 6.64. The number of aromatic nitrogens is 2. The monoisotopic (exact) mass is 202 g/mol. The molecule has 4 heteroatoms. The molecule has 0 aliphatic carbocycles. The lowest BCUT2D eigenvalue weighted by molar-refractivity contribution is 0.112. The topological polar surface area (TPSA) is 55.1 Å². The van der Waals surface area contributed by atoms with E-state index in [1.54, 1.807) is 28.9 Å². The largest absolute Gasteiger partial charge is 0.508 e. The molecule has 0 spiro atoms. The average Bonchev–Trinajstić information content (AvgIpc) is 2.61. The zero-order valence-electron chi connectivity index (χ0n) is 8.21. The summed E-state index contributed by atoms with van der Waals surface area (Å²) in [7, 11) is 0. The fourth-order valence-electron chi connectivity index (χ4n) is 1.39. The fourth-order valence-corrected chi connectivity index (χ4v) is 1.39. The minimum atomic E-state index is 0.208. The second kappa shape index (κ2) is 3.57. The van der Waals surface area contributed by atoms with Crippen molar-refractivity contribution in [2.24, 2.45) is 0 Å². The third-order valence-corrected chi connectivity index (χ3v) is 2.27. The van der Waals surface area contributed by atoms with Crippen LogP contribution >= 0.6 is 0 Å². The Morgan fingerprint density at radius 1 is 1.33 bits per heavy atom. The molecule has 2 rings (SSSR count). The second-order valence-corrected chi connectivity index (χ2v) is 3.23. The van der Waals surface area contributed by atoms with E-state index in [9.17, 15) is 4.79 Å². The van der Waals surface area contributed by atoms with Crippen molar-refractivity contribution in [3.63, 3.8) is 0 Å². The van der Waals surface area contributed by atoms with E-state index in [2.05, 4.69) is 5.10 Å². The van der Waals surface area contributed by atoms with Crippen molar-refractivity contribution >= 4 is 6.29 Å². The van der Waals surface area contributed by atoms with Gasteiger partial charge in [0.15, 0.2) is 6.29 Å². The van der Waals surface area contributed by atoms with Gasteiger partial charge in [0.05, 0.1) is 23.1 Å². The Bertz CT molecular complexity index is 486. The highest BCUT2D eigenvalue weighted by Gasteiger charge is 2.06. The molecule has 15 heavy (non-hydrogen) atoms. The normalized spacial score (nSPS) is 10.2. The molecular formula is C11H10N2O2. The Morgan fingerprint density at radius 2 is 2.00 bits per heavy atom. The van der Waals surface area contributed by atoms with Gasteiger partial charge in [-0.15, -0.1) is 0 Å². The first-order chi connectivity index (χ1) is 7.22. The molecule has 0 saturated carbocycles. The first kappa shape index (κ1) is 9.45. The van der Waals surface area contributed by atoms with Crippen LogP contribution in [0.15, 0.2) is 30.5 Å². The summed E-state index contributed by atoms with van der Waals surface area (Å²) >= 11 is 0.